The van der Waals surface area contributed by atoms with Crippen molar-refractivity contribution in [1.29, 1.82) is 0 Å². The van der Waals surface area contributed by atoms with Gasteiger partial charge < -0.3 is 10.4 Å². The van der Waals surface area contributed by atoms with Gasteiger partial charge in [-0.05, 0) is 13.8 Å². The lowest BCUT2D eigenvalue weighted by atomic mass is 10.2. The first-order valence-electron chi connectivity index (χ1n) is 4.32. The number of aliphatic hydroxyl groups excluding tert-OH is 1. The van der Waals surface area contributed by atoms with Crippen LogP contribution in [-0.2, 0) is 0 Å². The van der Waals surface area contributed by atoms with E-state index in [1.54, 1.807) is 0 Å². The summed E-state index contributed by atoms with van der Waals surface area (Å²) in [6.07, 6.45) is -0.194. The monoisotopic (exact) mass is 158 g/mol. The molecule has 0 radical (unpaired) electrons. The lowest BCUT2D eigenvalue weighted by Crippen LogP contribution is -2.50. The van der Waals surface area contributed by atoms with Crippen molar-refractivity contribution >= 4 is 0 Å². The quantitative estimate of drug-likeness (QED) is 0.577. The molecule has 11 heavy (non-hydrogen) atoms. The second kappa shape index (κ2) is 4.04. The minimum atomic E-state index is -0.194. The zero-order valence-corrected chi connectivity index (χ0v) is 7.38. The number of rotatable bonds is 2. The van der Waals surface area contributed by atoms with Gasteiger partial charge in [0, 0.05) is 32.2 Å². The number of nitrogens with one attached hydrogen (secondary N) is 1. The maximum Gasteiger partial charge on any atom is 0.0639 e. The number of hydrogen-bond donors (Lipinski definition) is 2. The fraction of sp³-hybridized carbons (Fsp3) is 1.00. The highest BCUT2D eigenvalue weighted by Crippen LogP contribution is 1.99. The van der Waals surface area contributed by atoms with Gasteiger partial charge in [0.25, 0.3) is 0 Å². The number of nitrogens with zero attached hydrogens (tertiary/aromatic N) is 1. The Balaban J connectivity index is 2.23. The number of piperazine rings is 1. The van der Waals surface area contributed by atoms with Crippen LogP contribution in [0.4, 0.5) is 0 Å². The van der Waals surface area contributed by atoms with Crippen molar-refractivity contribution < 1.29 is 5.11 Å². The molecular formula is C8H18N2O. The highest BCUT2D eigenvalue weighted by Gasteiger charge is 2.15. The van der Waals surface area contributed by atoms with Gasteiger partial charge in [0.2, 0.25) is 0 Å². The van der Waals surface area contributed by atoms with Crippen molar-refractivity contribution in [2.75, 3.05) is 26.2 Å². The van der Waals surface area contributed by atoms with Gasteiger partial charge in [-0.25, -0.2) is 0 Å². The van der Waals surface area contributed by atoms with Crippen molar-refractivity contribution in [2.24, 2.45) is 0 Å². The maximum absolute atomic E-state index is 9.13. The summed E-state index contributed by atoms with van der Waals surface area (Å²) >= 11 is 0. The van der Waals surface area contributed by atoms with E-state index in [0.29, 0.717) is 6.04 Å². The molecule has 2 atom stereocenters. The fourth-order valence-electron chi connectivity index (χ4n) is 1.55. The molecule has 2 N–H and O–H groups in total. The Morgan fingerprint density at radius 2 is 2.45 bits per heavy atom. The van der Waals surface area contributed by atoms with Crippen molar-refractivity contribution in [3.63, 3.8) is 0 Å². The van der Waals surface area contributed by atoms with E-state index in [4.69, 9.17) is 5.11 Å². The van der Waals surface area contributed by atoms with Crippen LogP contribution in [0.25, 0.3) is 0 Å². The van der Waals surface area contributed by atoms with Gasteiger partial charge in [0.1, 0.15) is 0 Å². The molecule has 1 fully saturated rings. The van der Waals surface area contributed by atoms with E-state index in [1.807, 2.05) is 6.92 Å². The normalized spacial score (nSPS) is 30.3. The topological polar surface area (TPSA) is 35.5 Å². The molecule has 0 aromatic carbocycles. The lowest BCUT2D eigenvalue weighted by Gasteiger charge is -2.32. The Hall–Kier alpha value is -0.120. The average molecular weight is 158 g/mol. The standard InChI is InChI=1S/C8H18N2O/c1-7-5-10(4-3-9-7)6-8(2)11/h7-9,11H,3-6H2,1-2H3/t7-,8-/m1/s1. The third-order valence-electron chi connectivity index (χ3n) is 1.98. The van der Waals surface area contributed by atoms with Crippen LogP contribution in [0.3, 0.4) is 0 Å². The largest absolute Gasteiger partial charge is 0.392 e. The summed E-state index contributed by atoms with van der Waals surface area (Å²) < 4.78 is 0. The van der Waals surface area contributed by atoms with Crippen LogP contribution >= 0.6 is 0 Å². The Morgan fingerprint density at radius 3 is 3.00 bits per heavy atom. The van der Waals surface area contributed by atoms with Gasteiger partial charge >= 0.3 is 0 Å². The smallest absolute Gasteiger partial charge is 0.0639 e. The van der Waals surface area contributed by atoms with Crippen molar-refractivity contribution in [3.05, 3.63) is 0 Å². The minimum Gasteiger partial charge on any atom is -0.392 e. The molecule has 0 bridgehead atoms. The van der Waals surface area contributed by atoms with Gasteiger partial charge in [-0.15, -0.1) is 0 Å². The van der Waals surface area contributed by atoms with Crippen LogP contribution in [0, 0.1) is 0 Å². The molecule has 0 aromatic heterocycles. The van der Waals surface area contributed by atoms with E-state index in [9.17, 15) is 0 Å². The molecule has 0 aliphatic carbocycles. The SMILES string of the molecule is C[C@@H]1CN(C[C@@H](C)O)CCN1. The van der Waals surface area contributed by atoms with E-state index >= 15 is 0 Å². The third kappa shape index (κ3) is 3.18. The maximum atomic E-state index is 9.13. The molecule has 0 saturated carbocycles. The highest BCUT2D eigenvalue weighted by molar-refractivity contribution is 4.75. The Morgan fingerprint density at radius 1 is 1.73 bits per heavy atom. The molecule has 1 heterocycles. The predicted molar refractivity (Wildman–Crippen MR) is 45.6 cm³/mol. The molecule has 0 unspecified atom stereocenters. The van der Waals surface area contributed by atoms with Crippen LogP contribution in [0.1, 0.15) is 13.8 Å². The molecule has 0 amide bonds. The van der Waals surface area contributed by atoms with Gasteiger partial charge in [0.15, 0.2) is 0 Å². The molecule has 3 nitrogen and oxygen atoms in total. The molecule has 1 aliphatic rings. The number of hydrogen-bond acceptors (Lipinski definition) is 3. The van der Waals surface area contributed by atoms with Crippen molar-refractivity contribution in [3.8, 4) is 0 Å². The first-order chi connectivity index (χ1) is 5.18. The van der Waals surface area contributed by atoms with Crippen LogP contribution < -0.4 is 5.32 Å². The molecule has 1 aliphatic heterocycles. The summed E-state index contributed by atoms with van der Waals surface area (Å²) in [6, 6.07) is 0.572. The van der Waals surface area contributed by atoms with Crippen molar-refractivity contribution in [2.45, 2.75) is 26.0 Å². The Bertz CT molecular complexity index is 115. The second-order valence-corrected chi connectivity index (χ2v) is 3.46. The van der Waals surface area contributed by atoms with Gasteiger partial charge in [-0.3, -0.25) is 4.90 Å². The minimum absolute atomic E-state index is 0.194. The first-order valence-corrected chi connectivity index (χ1v) is 4.32. The lowest BCUT2D eigenvalue weighted by molar-refractivity contribution is 0.108. The second-order valence-electron chi connectivity index (χ2n) is 3.46. The van der Waals surface area contributed by atoms with E-state index in [1.165, 1.54) is 0 Å². The molecule has 0 spiro atoms. The van der Waals surface area contributed by atoms with E-state index in [2.05, 4.69) is 17.1 Å². The van der Waals surface area contributed by atoms with E-state index in [-0.39, 0.29) is 6.10 Å². The average Bonchev–Trinajstić information content (AvgIpc) is 1.85. The van der Waals surface area contributed by atoms with Crippen LogP contribution in [-0.4, -0.2) is 48.3 Å². The third-order valence-corrected chi connectivity index (χ3v) is 1.98. The van der Waals surface area contributed by atoms with Crippen LogP contribution in [0.15, 0.2) is 0 Å². The summed E-state index contributed by atoms with van der Waals surface area (Å²) in [5, 5.41) is 12.5. The predicted octanol–water partition coefficient (Wildman–Crippen LogP) is -0.339. The van der Waals surface area contributed by atoms with Crippen LogP contribution in [0.5, 0.6) is 0 Å². The summed E-state index contributed by atoms with van der Waals surface area (Å²) in [5.41, 5.74) is 0. The number of β-amino-alcohol motifs (C(OH)–C–C–N with tert-alkyl or cyclic N) is 1. The van der Waals surface area contributed by atoms with E-state index in [0.717, 1.165) is 26.2 Å². The van der Waals surface area contributed by atoms with Gasteiger partial charge in [-0.1, -0.05) is 0 Å². The summed E-state index contributed by atoms with van der Waals surface area (Å²) in [4.78, 5) is 2.30. The first kappa shape index (κ1) is 8.97. The highest BCUT2D eigenvalue weighted by atomic mass is 16.3. The summed E-state index contributed by atoms with van der Waals surface area (Å²) in [5.74, 6) is 0. The van der Waals surface area contributed by atoms with E-state index < -0.39 is 0 Å². The number of aliphatic hydroxyl groups is 1. The zero-order chi connectivity index (χ0) is 8.27. The molecule has 3 heteroatoms. The zero-order valence-electron chi connectivity index (χ0n) is 7.38. The van der Waals surface area contributed by atoms with Gasteiger partial charge in [0.05, 0.1) is 6.10 Å². The molecule has 0 aromatic rings. The van der Waals surface area contributed by atoms with Gasteiger partial charge in [-0.2, -0.15) is 0 Å². The molecule has 66 valence electrons. The summed E-state index contributed by atoms with van der Waals surface area (Å²) in [7, 11) is 0. The summed E-state index contributed by atoms with van der Waals surface area (Å²) in [6.45, 7) is 8.00. The Kier molecular flexibility index (Phi) is 3.30. The van der Waals surface area contributed by atoms with Crippen molar-refractivity contribution in [1.82, 2.24) is 10.2 Å². The molecule has 1 saturated heterocycles. The fourth-order valence-corrected chi connectivity index (χ4v) is 1.55. The molecule has 1 rings (SSSR count). The van der Waals surface area contributed by atoms with Crippen LogP contribution in [0.2, 0.25) is 0 Å². The molecular weight excluding hydrogens is 140 g/mol. The Labute approximate surface area is 68.4 Å².